The van der Waals surface area contributed by atoms with Crippen LogP contribution in [0.2, 0.25) is 0 Å². The van der Waals surface area contributed by atoms with Crippen LogP contribution in [0.25, 0.3) is 6.08 Å². The summed E-state index contributed by atoms with van der Waals surface area (Å²) < 4.78 is 11.5. The Morgan fingerprint density at radius 1 is 1.11 bits per heavy atom. The van der Waals surface area contributed by atoms with Gasteiger partial charge in [0.1, 0.15) is 12.6 Å². The summed E-state index contributed by atoms with van der Waals surface area (Å²) in [7, 11) is 0. The maximum Gasteiger partial charge on any atom is 0.325 e. The van der Waals surface area contributed by atoms with E-state index in [9.17, 15) is 9.59 Å². The highest BCUT2D eigenvalue weighted by Gasteiger charge is 2.12. The highest BCUT2D eigenvalue weighted by molar-refractivity contribution is 5.94. The molecule has 0 bridgehead atoms. The molecule has 0 spiro atoms. The van der Waals surface area contributed by atoms with Gasteiger partial charge in [-0.1, -0.05) is 36.4 Å². The van der Waals surface area contributed by atoms with Gasteiger partial charge >= 0.3 is 5.97 Å². The summed E-state index contributed by atoms with van der Waals surface area (Å²) in [4.78, 5) is 22.5. The van der Waals surface area contributed by atoms with E-state index >= 15 is 0 Å². The lowest BCUT2D eigenvalue weighted by Crippen LogP contribution is -2.37. The number of hydrogen-bond acceptors (Lipinski definition) is 4. The largest absolute Gasteiger partial charge is 0.490 e. The zero-order chi connectivity index (χ0) is 19.6. The molecule has 0 saturated heterocycles. The summed E-state index contributed by atoms with van der Waals surface area (Å²) in [5.74, 6) is -0.376. The lowest BCUT2D eigenvalue weighted by Gasteiger charge is -2.13. The van der Waals surface area contributed by atoms with Gasteiger partial charge in [-0.3, -0.25) is 9.59 Å². The second-order valence-electron chi connectivity index (χ2n) is 5.82. The summed E-state index contributed by atoms with van der Waals surface area (Å²) in [5.41, 5.74) is 1.79. The van der Waals surface area contributed by atoms with E-state index in [1.807, 2.05) is 37.3 Å². The molecular weight excluding hydrogens is 346 g/mol. The van der Waals surface area contributed by atoms with Crippen LogP contribution in [0.3, 0.4) is 0 Å². The van der Waals surface area contributed by atoms with Gasteiger partial charge in [0.05, 0.1) is 6.61 Å². The maximum absolute atomic E-state index is 11.8. The van der Waals surface area contributed by atoms with Crippen LogP contribution in [0.5, 0.6) is 11.5 Å². The number of nitrogens with one attached hydrogen (secondary N) is 1. The van der Waals surface area contributed by atoms with Crippen molar-refractivity contribution in [1.82, 2.24) is 5.32 Å². The quantitative estimate of drug-likeness (QED) is 0.663. The number of rotatable bonds is 9. The van der Waals surface area contributed by atoms with E-state index in [1.165, 1.54) is 13.0 Å². The van der Waals surface area contributed by atoms with E-state index < -0.39 is 17.9 Å². The zero-order valence-electron chi connectivity index (χ0n) is 15.3. The number of amides is 1. The minimum atomic E-state index is -1.09. The molecule has 6 nitrogen and oxygen atoms in total. The van der Waals surface area contributed by atoms with Crippen molar-refractivity contribution < 1.29 is 24.2 Å². The van der Waals surface area contributed by atoms with Crippen LogP contribution in [-0.4, -0.2) is 29.6 Å². The fourth-order valence-corrected chi connectivity index (χ4v) is 2.25. The highest BCUT2D eigenvalue weighted by atomic mass is 16.5. The predicted molar refractivity (Wildman–Crippen MR) is 103 cm³/mol. The topological polar surface area (TPSA) is 84.9 Å². The van der Waals surface area contributed by atoms with Crippen molar-refractivity contribution in [3.8, 4) is 11.5 Å². The Balaban J connectivity index is 2.06. The lowest BCUT2D eigenvalue weighted by atomic mass is 10.2. The minimum Gasteiger partial charge on any atom is -0.490 e. The molecule has 0 saturated carbocycles. The van der Waals surface area contributed by atoms with Crippen molar-refractivity contribution in [3.63, 3.8) is 0 Å². The zero-order valence-corrected chi connectivity index (χ0v) is 15.3. The Morgan fingerprint density at radius 3 is 2.52 bits per heavy atom. The van der Waals surface area contributed by atoms with Gasteiger partial charge in [0.25, 0.3) is 0 Å². The Morgan fingerprint density at radius 2 is 1.85 bits per heavy atom. The third-order valence-corrected chi connectivity index (χ3v) is 3.66. The van der Waals surface area contributed by atoms with E-state index in [4.69, 9.17) is 14.6 Å². The average Bonchev–Trinajstić information content (AvgIpc) is 2.66. The fourth-order valence-electron chi connectivity index (χ4n) is 2.25. The number of carbonyl (C=O) groups is 2. The summed E-state index contributed by atoms with van der Waals surface area (Å²) in [6.07, 6.45) is 2.88. The van der Waals surface area contributed by atoms with Crippen LogP contribution in [0.15, 0.2) is 54.6 Å². The van der Waals surface area contributed by atoms with Gasteiger partial charge < -0.3 is 19.9 Å². The number of carbonyl (C=O) groups excluding carboxylic acids is 1. The number of aliphatic carboxylic acids is 1. The molecule has 0 aliphatic rings. The maximum atomic E-state index is 11.8. The molecule has 2 N–H and O–H groups in total. The molecule has 0 aliphatic heterocycles. The van der Waals surface area contributed by atoms with Crippen LogP contribution in [0, 0.1) is 0 Å². The highest BCUT2D eigenvalue weighted by Crippen LogP contribution is 2.29. The Bertz CT molecular complexity index is 801. The van der Waals surface area contributed by atoms with E-state index in [-0.39, 0.29) is 0 Å². The molecule has 0 aromatic heterocycles. The molecule has 142 valence electrons. The number of benzene rings is 2. The molecule has 2 aromatic carbocycles. The molecule has 0 radical (unpaired) electrons. The Kier molecular flexibility index (Phi) is 7.43. The average molecular weight is 369 g/mol. The van der Waals surface area contributed by atoms with Gasteiger partial charge in [-0.2, -0.15) is 0 Å². The van der Waals surface area contributed by atoms with Crippen LogP contribution in [0.4, 0.5) is 0 Å². The summed E-state index contributed by atoms with van der Waals surface area (Å²) >= 11 is 0. The van der Waals surface area contributed by atoms with Gasteiger partial charge in [0.2, 0.25) is 5.91 Å². The van der Waals surface area contributed by atoms with Gasteiger partial charge in [0.15, 0.2) is 11.5 Å². The number of carboxylic acids is 1. The SMILES string of the molecule is CCOc1cc(/C=C/C(=O)N[C@H](C)C(=O)O)ccc1OCc1ccccc1. The monoisotopic (exact) mass is 369 g/mol. The molecule has 27 heavy (non-hydrogen) atoms. The molecular formula is C21H23NO5. The Labute approximate surface area is 158 Å². The van der Waals surface area contributed by atoms with E-state index in [0.29, 0.717) is 24.7 Å². The van der Waals surface area contributed by atoms with Gasteiger partial charge in [-0.15, -0.1) is 0 Å². The first kappa shape index (κ1) is 20.0. The van der Waals surface area contributed by atoms with Crippen molar-refractivity contribution in [2.24, 2.45) is 0 Å². The Hall–Kier alpha value is -3.28. The second kappa shape index (κ2) is 10.0. The summed E-state index contributed by atoms with van der Waals surface area (Å²) in [6.45, 7) is 4.18. The normalized spacial score (nSPS) is 11.8. The molecule has 1 atom stereocenters. The van der Waals surface area contributed by atoms with Crippen molar-refractivity contribution in [2.75, 3.05) is 6.61 Å². The van der Waals surface area contributed by atoms with E-state index in [1.54, 1.807) is 24.3 Å². The van der Waals surface area contributed by atoms with Crippen LogP contribution in [0.1, 0.15) is 25.0 Å². The smallest absolute Gasteiger partial charge is 0.325 e. The number of hydrogen-bond donors (Lipinski definition) is 2. The van der Waals surface area contributed by atoms with Crippen LogP contribution >= 0.6 is 0 Å². The third-order valence-electron chi connectivity index (χ3n) is 3.66. The van der Waals surface area contributed by atoms with Gasteiger partial charge in [0, 0.05) is 6.08 Å². The molecule has 2 aromatic rings. The summed E-state index contributed by atoms with van der Waals surface area (Å²) in [5, 5.41) is 11.2. The minimum absolute atomic E-state index is 0.422. The molecule has 0 aliphatic carbocycles. The number of ether oxygens (including phenoxy) is 2. The predicted octanol–water partition coefficient (Wildman–Crippen LogP) is 3.27. The van der Waals surface area contributed by atoms with Crippen molar-refractivity contribution in [2.45, 2.75) is 26.5 Å². The van der Waals surface area contributed by atoms with Crippen molar-refractivity contribution in [3.05, 3.63) is 65.7 Å². The molecule has 1 amide bonds. The second-order valence-corrected chi connectivity index (χ2v) is 5.82. The van der Waals surface area contributed by atoms with Gasteiger partial charge in [-0.25, -0.2) is 0 Å². The lowest BCUT2D eigenvalue weighted by molar-refractivity contribution is -0.140. The van der Waals surface area contributed by atoms with Crippen molar-refractivity contribution in [1.29, 1.82) is 0 Å². The first-order chi connectivity index (χ1) is 13.0. The van der Waals surface area contributed by atoms with Crippen molar-refractivity contribution >= 4 is 18.0 Å². The standard InChI is InChI=1S/C21H23NO5/c1-3-26-19-13-16(10-12-20(23)22-15(2)21(24)25)9-11-18(19)27-14-17-7-5-4-6-8-17/h4-13,15H,3,14H2,1-2H3,(H,22,23)(H,24,25)/b12-10+/t15-/m1/s1. The van der Waals surface area contributed by atoms with Crippen LogP contribution in [-0.2, 0) is 16.2 Å². The fraction of sp³-hybridized carbons (Fsp3) is 0.238. The molecule has 0 fully saturated rings. The van der Waals surface area contributed by atoms with Crippen LogP contribution < -0.4 is 14.8 Å². The van der Waals surface area contributed by atoms with E-state index in [2.05, 4.69) is 5.32 Å². The van der Waals surface area contributed by atoms with Gasteiger partial charge in [-0.05, 0) is 43.2 Å². The molecule has 0 heterocycles. The van der Waals surface area contributed by atoms with E-state index in [0.717, 1.165) is 11.1 Å². The number of carboxylic acid groups (broad SMARTS) is 1. The first-order valence-electron chi connectivity index (χ1n) is 8.64. The third kappa shape index (κ3) is 6.51. The molecule has 2 rings (SSSR count). The molecule has 6 heteroatoms. The first-order valence-corrected chi connectivity index (χ1v) is 8.64. The molecule has 0 unspecified atom stereocenters. The summed E-state index contributed by atoms with van der Waals surface area (Å²) in [6, 6.07) is 14.2.